The molecule has 0 fully saturated rings. The highest BCUT2D eigenvalue weighted by Crippen LogP contribution is 2.32. The highest BCUT2D eigenvalue weighted by molar-refractivity contribution is 6.21. The first-order chi connectivity index (χ1) is 16.9. The van der Waals surface area contributed by atoms with Crippen LogP contribution in [0.2, 0.25) is 0 Å². The second-order valence-corrected chi connectivity index (χ2v) is 8.50. The summed E-state index contributed by atoms with van der Waals surface area (Å²) < 4.78 is 5.73. The molecule has 0 atom stereocenters. The minimum atomic E-state index is -0.506. The van der Waals surface area contributed by atoms with Gasteiger partial charge in [-0.15, -0.1) is 0 Å². The van der Waals surface area contributed by atoms with E-state index >= 15 is 0 Å². The van der Waals surface area contributed by atoms with Crippen molar-refractivity contribution in [1.82, 2.24) is 9.88 Å². The number of aromatic nitrogens is 1. The summed E-state index contributed by atoms with van der Waals surface area (Å²) in [6.45, 7) is 4.38. The third kappa shape index (κ3) is 3.93. The molecule has 0 bridgehead atoms. The molecule has 1 aliphatic rings. The van der Waals surface area contributed by atoms with Crippen LogP contribution in [0.3, 0.4) is 0 Å². The minimum absolute atomic E-state index is 0.0975. The quantitative estimate of drug-likeness (QED) is 0.216. The second-order valence-electron chi connectivity index (χ2n) is 8.50. The maximum atomic E-state index is 13.1. The summed E-state index contributed by atoms with van der Waals surface area (Å²) in [7, 11) is 0. The number of aryl methyl sites for hydroxylation is 2. The second kappa shape index (κ2) is 8.72. The summed E-state index contributed by atoms with van der Waals surface area (Å²) in [5.41, 5.74) is 4.96. The van der Waals surface area contributed by atoms with Crippen molar-refractivity contribution >= 4 is 28.4 Å². The number of para-hydroxylation sites is 1. The number of carbonyl (C=O) groups is 2. The van der Waals surface area contributed by atoms with E-state index in [4.69, 9.17) is 4.74 Å². The van der Waals surface area contributed by atoms with Gasteiger partial charge in [0.1, 0.15) is 11.5 Å². The van der Waals surface area contributed by atoms with E-state index in [2.05, 4.69) is 24.0 Å². The van der Waals surface area contributed by atoms with Crippen molar-refractivity contribution in [3.05, 3.63) is 98.7 Å². The molecule has 2 amide bonds. The van der Waals surface area contributed by atoms with E-state index in [-0.39, 0.29) is 35.4 Å². The Morgan fingerprint density at radius 2 is 1.71 bits per heavy atom. The van der Waals surface area contributed by atoms with Crippen LogP contribution in [0.15, 0.2) is 60.7 Å². The third-order valence-electron chi connectivity index (χ3n) is 6.41. The smallest absolute Gasteiger partial charge is 0.273 e. The van der Waals surface area contributed by atoms with Gasteiger partial charge in [0.05, 0.1) is 22.1 Å². The van der Waals surface area contributed by atoms with Crippen LogP contribution in [-0.2, 0) is 12.8 Å². The molecule has 8 heteroatoms. The van der Waals surface area contributed by atoms with Crippen LogP contribution >= 0.6 is 0 Å². The number of ether oxygens (including phenoxy) is 1. The standard InChI is InChI=1S/C27H23N3O5/c1-3-17-6-4-9-22-21(16(2)28-25(17)22)12-13-29-26(31)23-11-10-20(15-24(23)27(29)32)35-19-8-5-7-18(14-19)30(33)34/h4-11,14-15,28H,3,12-13H2,1-2H3. The van der Waals surface area contributed by atoms with Crippen molar-refractivity contribution in [3.63, 3.8) is 0 Å². The van der Waals surface area contributed by atoms with Gasteiger partial charge in [0.15, 0.2) is 0 Å². The van der Waals surface area contributed by atoms with E-state index < -0.39 is 4.92 Å². The lowest BCUT2D eigenvalue weighted by molar-refractivity contribution is -0.384. The van der Waals surface area contributed by atoms with Crippen LogP contribution in [0.1, 0.15) is 44.5 Å². The molecule has 35 heavy (non-hydrogen) atoms. The predicted molar refractivity (Wildman–Crippen MR) is 131 cm³/mol. The molecule has 0 saturated carbocycles. The van der Waals surface area contributed by atoms with Crippen molar-refractivity contribution in [1.29, 1.82) is 0 Å². The molecule has 0 aliphatic carbocycles. The lowest BCUT2D eigenvalue weighted by Gasteiger charge is -2.14. The molecule has 4 aromatic rings. The molecule has 2 heterocycles. The summed E-state index contributed by atoms with van der Waals surface area (Å²) in [6.07, 6.45) is 1.46. The average molecular weight is 469 g/mol. The maximum absolute atomic E-state index is 13.1. The Balaban J connectivity index is 1.36. The van der Waals surface area contributed by atoms with Crippen LogP contribution in [0, 0.1) is 17.0 Å². The van der Waals surface area contributed by atoms with Crippen LogP contribution in [0.25, 0.3) is 10.9 Å². The molecule has 3 aromatic carbocycles. The number of carbonyl (C=O) groups excluding carboxylic acids is 2. The molecule has 8 nitrogen and oxygen atoms in total. The zero-order chi connectivity index (χ0) is 24.7. The number of nitrogens with zero attached hydrogens (tertiary/aromatic N) is 2. The molecule has 1 aliphatic heterocycles. The third-order valence-corrected chi connectivity index (χ3v) is 6.41. The van der Waals surface area contributed by atoms with E-state index in [1.165, 1.54) is 34.7 Å². The van der Waals surface area contributed by atoms with Crippen molar-refractivity contribution in [2.75, 3.05) is 6.54 Å². The van der Waals surface area contributed by atoms with Gasteiger partial charge in [0.25, 0.3) is 17.5 Å². The summed E-state index contributed by atoms with van der Waals surface area (Å²) in [6, 6.07) is 16.6. The highest BCUT2D eigenvalue weighted by atomic mass is 16.6. The molecule has 0 radical (unpaired) electrons. The van der Waals surface area contributed by atoms with E-state index in [1.807, 2.05) is 13.0 Å². The molecular weight excluding hydrogens is 446 g/mol. The van der Waals surface area contributed by atoms with E-state index in [9.17, 15) is 19.7 Å². The predicted octanol–water partition coefficient (Wildman–Crippen LogP) is 5.58. The topological polar surface area (TPSA) is 106 Å². The molecule has 0 unspecified atom stereocenters. The number of rotatable bonds is 7. The lowest BCUT2D eigenvalue weighted by Crippen LogP contribution is -2.31. The van der Waals surface area contributed by atoms with E-state index in [0.717, 1.165) is 28.6 Å². The van der Waals surface area contributed by atoms with Crippen molar-refractivity contribution < 1.29 is 19.2 Å². The van der Waals surface area contributed by atoms with Gasteiger partial charge in [-0.2, -0.15) is 0 Å². The number of amides is 2. The zero-order valence-corrected chi connectivity index (χ0v) is 19.3. The summed E-state index contributed by atoms with van der Waals surface area (Å²) >= 11 is 0. The molecule has 1 N–H and O–H groups in total. The van der Waals surface area contributed by atoms with Gasteiger partial charge in [-0.3, -0.25) is 24.6 Å². The van der Waals surface area contributed by atoms with Crippen molar-refractivity contribution in [3.8, 4) is 11.5 Å². The van der Waals surface area contributed by atoms with Crippen LogP contribution in [-0.4, -0.2) is 33.2 Å². The summed E-state index contributed by atoms with van der Waals surface area (Å²) in [5.74, 6) is -0.110. The molecule has 0 spiro atoms. The van der Waals surface area contributed by atoms with Crippen molar-refractivity contribution in [2.24, 2.45) is 0 Å². The largest absolute Gasteiger partial charge is 0.457 e. The Hall–Kier alpha value is -4.46. The number of aromatic amines is 1. The Morgan fingerprint density at radius 1 is 0.971 bits per heavy atom. The number of nitro benzene ring substituents is 1. The van der Waals surface area contributed by atoms with Crippen LogP contribution in [0.5, 0.6) is 11.5 Å². The number of hydrogen-bond donors (Lipinski definition) is 1. The van der Waals surface area contributed by atoms with Gasteiger partial charge in [0, 0.05) is 29.2 Å². The minimum Gasteiger partial charge on any atom is -0.457 e. The molecule has 5 rings (SSSR count). The number of hydrogen-bond acceptors (Lipinski definition) is 5. The van der Waals surface area contributed by atoms with Gasteiger partial charge < -0.3 is 9.72 Å². The van der Waals surface area contributed by atoms with Crippen LogP contribution < -0.4 is 4.74 Å². The molecule has 176 valence electrons. The highest BCUT2D eigenvalue weighted by Gasteiger charge is 2.35. The molecule has 1 aromatic heterocycles. The fourth-order valence-electron chi connectivity index (χ4n) is 4.64. The number of nitrogens with one attached hydrogen (secondary N) is 1. The molecular formula is C27H23N3O5. The molecule has 0 saturated heterocycles. The number of fused-ring (bicyclic) bond motifs is 2. The van der Waals surface area contributed by atoms with Gasteiger partial charge in [-0.05, 0) is 55.2 Å². The fourth-order valence-corrected chi connectivity index (χ4v) is 4.64. The van der Waals surface area contributed by atoms with E-state index in [1.54, 1.807) is 18.2 Å². The Labute approximate surface area is 201 Å². The lowest BCUT2D eigenvalue weighted by atomic mass is 10.0. The van der Waals surface area contributed by atoms with Gasteiger partial charge in [0.2, 0.25) is 0 Å². The Bertz CT molecular complexity index is 1500. The number of benzene rings is 3. The van der Waals surface area contributed by atoms with E-state index in [0.29, 0.717) is 17.7 Å². The normalized spacial score (nSPS) is 12.9. The van der Waals surface area contributed by atoms with Gasteiger partial charge in [-0.1, -0.05) is 31.2 Å². The van der Waals surface area contributed by atoms with Crippen LogP contribution in [0.4, 0.5) is 5.69 Å². The fraction of sp³-hybridized carbons (Fsp3) is 0.185. The summed E-state index contributed by atoms with van der Waals surface area (Å²) in [5, 5.41) is 12.1. The SMILES string of the molecule is CCc1cccc2c(CCN3C(=O)c4ccc(Oc5cccc([N+](=O)[O-])c5)cc4C3=O)c(C)[nH]c12. The number of imide groups is 1. The maximum Gasteiger partial charge on any atom is 0.273 e. The Kier molecular flexibility index (Phi) is 5.56. The first-order valence-corrected chi connectivity index (χ1v) is 11.4. The average Bonchev–Trinajstić information content (AvgIpc) is 3.30. The first kappa shape index (κ1) is 22.3. The van der Waals surface area contributed by atoms with Gasteiger partial charge >= 0.3 is 0 Å². The number of non-ortho nitro benzene ring substituents is 1. The number of H-pyrrole nitrogens is 1. The monoisotopic (exact) mass is 469 g/mol. The van der Waals surface area contributed by atoms with Gasteiger partial charge in [-0.25, -0.2) is 0 Å². The Morgan fingerprint density at radius 3 is 2.49 bits per heavy atom. The zero-order valence-electron chi connectivity index (χ0n) is 19.3. The van der Waals surface area contributed by atoms with Crippen molar-refractivity contribution in [2.45, 2.75) is 26.7 Å². The first-order valence-electron chi connectivity index (χ1n) is 11.4. The summed E-state index contributed by atoms with van der Waals surface area (Å²) in [4.78, 5) is 41.3. The number of nitro groups is 1.